The Hall–Kier alpha value is -1.43. The largest absolute Gasteiger partial charge is 0.388 e. The molecule has 0 spiro atoms. The van der Waals surface area contributed by atoms with E-state index in [0.29, 0.717) is 0 Å². The summed E-state index contributed by atoms with van der Waals surface area (Å²) in [5.74, 6) is -0.271. The summed E-state index contributed by atoms with van der Waals surface area (Å²) in [6.07, 6.45) is -1.75. The lowest BCUT2D eigenvalue weighted by atomic mass is 10.1. The Morgan fingerprint density at radius 3 is 2.29 bits per heavy atom. The van der Waals surface area contributed by atoms with E-state index in [0.717, 1.165) is 5.56 Å². The first kappa shape index (κ1) is 12.0. The Balaban J connectivity index is 2.06. The second-order valence-corrected chi connectivity index (χ2v) is 4.27. The smallest absolute Gasteiger partial charge is 0.244 e. The van der Waals surface area contributed by atoms with Crippen molar-refractivity contribution in [3.63, 3.8) is 0 Å². The van der Waals surface area contributed by atoms with Gasteiger partial charge in [-0.3, -0.25) is 4.79 Å². The van der Waals surface area contributed by atoms with E-state index < -0.39 is 18.2 Å². The summed E-state index contributed by atoms with van der Waals surface area (Å²) < 4.78 is 0. The maximum atomic E-state index is 12.0. The SMILES string of the molecule is N[C@H](C(=O)N1CC(O)C(O)C1)c1ccccc1. The fraction of sp³-hybridized carbons (Fsp3) is 0.417. The molecule has 1 aliphatic heterocycles. The van der Waals surface area contributed by atoms with E-state index >= 15 is 0 Å². The number of hydrogen-bond donors (Lipinski definition) is 3. The van der Waals surface area contributed by atoms with Gasteiger partial charge in [-0.15, -0.1) is 0 Å². The second kappa shape index (κ2) is 4.83. The average molecular weight is 236 g/mol. The monoisotopic (exact) mass is 236 g/mol. The summed E-state index contributed by atoms with van der Waals surface area (Å²) in [6.45, 7) is 0.279. The molecule has 0 radical (unpaired) electrons. The first-order chi connectivity index (χ1) is 8.09. The minimum Gasteiger partial charge on any atom is -0.388 e. The van der Waals surface area contributed by atoms with Gasteiger partial charge in [-0.05, 0) is 5.56 Å². The Morgan fingerprint density at radius 1 is 1.24 bits per heavy atom. The van der Waals surface area contributed by atoms with Crippen LogP contribution in [0.3, 0.4) is 0 Å². The van der Waals surface area contributed by atoms with Crippen molar-refractivity contribution in [3.8, 4) is 0 Å². The summed E-state index contributed by atoms with van der Waals surface area (Å²) >= 11 is 0. The van der Waals surface area contributed by atoms with Crippen LogP contribution in [-0.4, -0.2) is 46.3 Å². The fourth-order valence-electron chi connectivity index (χ4n) is 1.95. The molecule has 17 heavy (non-hydrogen) atoms. The van der Waals surface area contributed by atoms with E-state index in [4.69, 9.17) is 5.73 Å². The van der Waals surface area contributed by atoms with Gasteiger partial charge in [0.05, 0.1) is 12.2 Å². The Bertz CT molecular complexity index is 386. The number of amides is 1. The molecule has 2 unspecified atom stereocenters. The maximum Gasteiger partial charge on any atom is 0.244 e. The molecule has 1 aliphatic rings. The molecule has 0 aliphatic carbocycles. The van der Waals surface area contributed by atoms with Crippen molar-refractivity contribution < 1.29 is 15.0 Å². The molecule has 0 aromatic heterocycles. The number of rotatable bonds is 2. The third kappa shape index (κ3) is 2.46. The first-order valence-electron chi connectivity index (χ1n) is 5.55. The number of hydrogen-bond acceptors (Lipinski definition) is 4. The molecule has 5 heteroatoms. The van der Waals surface area contributed by atoms with Gasteiger partial charge in [0.15, 0.2) is 0 Å². The van der Waals surface area contributed by atoms with E-state index in [-0.39, 0.29) is 19.0 Å². The zero-order chi connectivity index (χ0) is 12.4. The van der Waals surface area contributed by atoms with Crippen LogP contribution in [0.5, 0.6) is 0 Å². The third-order valence-corrected chi connectivity index (χ3v) is 3.00. The molecule has 3 atom stereocenters. The van der Waals surface area contributed by atoms with Crippen LogP contribution in [0, 0.1) is 0 Å². The van der Waals surface area contributed by atoms with Crippen molar-refractivity contribution in [3.05, 3.63) is 35.9 Å². The normalized spacial score (nSPS) is 25.9. The van der Waals surface area contributed by atoms with Crippen LogP contribution < -0.4 is 5.73 Å². The molecule has 4 N–H and O–H groups in total. The quantitative estimate of drug-likeness (QED) is 0.630. The Morgan fingerprint density at radius 2 is 1.76 bits per heavy atom. The molecule has 0 bridgehead atoms. The van der Waals surface area contributed by atoms with Crippen LogP contribution in [0.15, 0.2) is 30.3 Å². The molecule has 1 saturated heterocycles. The zero-order valence-corrected chi connectivity index (χ0v) is 9.36. The molecule has 1 fully saturated rings. The molecule has 1 aromatic carbocycles. The highest BCUT2D eigenvalue weighted by molar-refractivity contribution is 5.83. The van der Waals surface area contributed by atoms with Crippen molar-refractivity contribution in [1.29, 1.82) is 0 Å². The number of β-amino-alcohol motifs (C(OH)–C–C–N with tert-alkyl or cyclic N) is 2. The lowest BCUT2D eigenvalue weighted by Crippen LogP contribution is -2.37. The number of carbonyl (C=O) groups excluding carboxylic acids is 1. The number of benzene rings is 1. The highest BCUT2D eigenvalue weighted by atomic mass is 16.3. The summed E-state index contributed by atoms with van der Waals surface area (Å²) in [5.41, 5.74) is 6.58. The van der Waals surface area contributed by atoms with Gasteiger partial charge in [-0.2, -0.15) is 0 Å². The van der Waals surface area contributed by atoms with Gasteiger partial charge in [0.2, 0.25) is 5.91 Å². The predicted molar refractivity (Wildman–Crippen MR) is 62.0 cm³/mol. The maximum absolute atomic E-state index is 12.0. The van der Waals surface area contributed by atoms with Gasteiger partial charge in [0, 0.05) is 13.1 Å². The van der Waals surface area contributed by atoms with E-state index in [1.165, 1.54) is 4.90 Å². The molecule has 0 saturated carbocycles. The number of nitrogens with zero attached hydrogens (tertiary/aromatic N) is 1. The molecule has 1 aromatic rings. The lowest BCUT2D eigenvalue weighted by molar-refractivity contribution is -0.132. The highest BCUT2D eigenvalue weighted by Crippen LogP contribution is 2.17. The van der Waals surface area contributed by atoms with Crippen LogP contribution in [0.25, 0.3) is 0 Å². The van der Waals surface area contributed by atoms with Crippen LogP contribution in [-0.2, 0) is 4.79 Å². The van der Waals surface area contributed by atoms with Gasteiger partial charge in [0.1, 0.15) is 6.04 Å². The van der Waals surface area contributed by atoms with Crippen LogP contribution in [0.4, 0.5) is 0 Å². The van der Waals surface area contributed by atoms with Crippen molar-refractivity contribution in [1.82, 2.24) is 4.90 Å². The topological polar surface area (TPSA) is 86.8 Å². The molecule has 92 valence electrons. The number of aliphatic hydroxyl groups is 2. The van der Waals surface area contributed by atoms with Gasteiger partial charge >= 0.3 is 0 Å². The lowest BCUT2D eigenvalue weighted by Gasteiger charge is -2.20. The molecule has 5 nitrogen and oxygen atoms in total. The molecule has 1 amide bonds. The highest BCUT2D eigenvalue weighted by Gasteiger charge is 2.34. The second-order valence-electron chi connectivity index (χ2n) is 4.27. The van der Waals surface area contributed by atoms with Crippen molar-refractivity contribution in [2.24, 2.45) is 5.73 Å². The van der Waals surface area contributed by atoms with E-state index in [1.807, 2.05) is 18.2 Å². The average Bonchev–Trinajstić information content (AvgIpc) is 2.69. The Kier molecular flexibility index (Phi) is 3.42. The van der Waals surface area contributed by atoms with Gasteiger partial charge < -0.3 is 20.8 Å². The minimum absolute atomic E-state index is 0.139. The first-order valence-corrected chi connectivity index (χ1v) is 5.55. The van der Waals surface area contributed by atoms with Crippen molar-refractivity contribution in [2.75, 3.05) is 13.1 Å². The van der Waals surface area contributed by atoms with Gasteiger partial charge in [0.25, 0.3) is 0 Å². The summed E-state index contributed by atoms with van der Waals surface area (Å²) in [4.78, 5) is 13.4. The van der Waals surface area contributed by atoms with E-state index in [1.54, 1.807) is 12.1 Å². The molecular formula is C12H16N2O3. The molecule has 1 heterocycles. The zero-order valence-electron chi connectivity index (χ0n) is 9.36. The van der Waals surface area contributed by atoms with Crippen LogP contribution >= 0.6 is 0 Å². The van der Waals surface area contributed by atoms with Crippen LogP contribution in [0.1, 0.15) is 11.6 Å². The van der Waals surface area contributed by atoms with Crippen LogP contribution in [0.2, 0.25) is 0 Å². The molecule has 2 rings (SSSR count). The van der Waals surface area contributed by atoms with Crippen molar-refractivity contribution in [2.45, 2.75) is 18.2 Å². The predicted octanol–water partition coefficient (Wildman–Crippen LogP) is -0.750. The summed E-state index contributed by atoms with van der Waals surface area (Å²) in [7, 11) is 0. The van der Waals surface area contributed by atoms with E-state index in [2.05, 4.69) is 0 Å². The number of aliphatic hydroxyl groups excluding tert-OH is 2. The number of carbonyl (C=O) groups is 1. The summed E-state index contributed by atoms with van der Waals surface area (Å²) in [6, 6.07) is 8.31. The minimum atomic E-state index is -0.873. The Labute approximate surface area is 99.5 Å². The van der Waals surface area contributed by atoms with Gasteiger partial charge in [-0.1, -0.05) is 30.3 Å². The number of nitrogens with two attached hydrogens (primary N) is 1. The number of likely N-dealkylation sites (tertiary alicyclic amines) is 1. The summed E-state index contributed by atoms with van der Waals surface area (Å²) in [5, 5.41) is 18.8. The van der Waals surface area contributed by atoms with E-state index in [9.17, 15) is 15.0 Å². The van der Waals surface area contributed by atoms with Gasteiger partial charge in [-0.25, -0.2) is 0 Å². The third-order valence-electron chi connectivity index (χ3n) is 3.00. The standard InChI is InChI=1S/C12H16N2O3/c13-11(8-4-2-1-3-5-8)12(17)14-6-9(15)10(16)7-14/h1-5,9-11,15-16H,6-7,13H2/t9?,10?,11-/m0/s1. The fourth-order valence-corrected chi connectivity index (χ4v) is 1.95. The van der Waals surface area contributed by atoms with Crippen molar-refractivity contribution >= 4 is 5.91 Å². The molecular weight excluding hydrogens is 220 g/mol.